The topological polar surface area (TPSA) is 88.2 Å². The van der Waals surface area contributed by atoms with Crippen LogP contribution < -0.4 is 5.32 Å². The van der Waals surface area contributed by atoms with E-state index in [4.69, 9.17) is 9.52 Å². The van der Waals surface area contributed by atoms with Gasteiger partial charge in [0.15, 0.2) is 5.58 Å². The van der Waals surface area contributed by atoms with E-state index >= 15 is 0 Å². The van der Waals surface area contributed by atoms with Crippen LogP contribution in [0, 0.1) is 0 Å². The second-order valence-electron chi connectivity index (χ2n) is 2.94. The second kappa shape index (κ2) is 3.56. The fourth-order valence-corrected chi connectivity index (χ4v) is 1.28. The Bertz CT molecular complexity index is 506. The summed E-state index contributed by atoms with van der Waals surface area (Å²) in [7, 11) is 1.74. The highest BCUT2D eigenvalue weighted by Gasteiger charge is 2.12. The number of hydrogen-bond donors (Lipinski definition) is 2. The van der Waals surface area contributed by atoms with Gasteiger partial charge in [0.25, 0.3) is 0 Å². The van der Waals surface area contributed by atoms with Crippen molar-refractivity contribution in [1.29, 1.82) is 0 Å². The van der Waals surface area contributed by atoms with E-state index in [0.717, 1.165) is 5.69 Å². The van der Waals surface area contributed by atoms with Crippen molar-refractivity contribution in [2.75, 3.05) is 12.4 Å². The zero-order chi connectivity index (χ0) is 10.8. The average molecular weight is 207 g/mol. The molecule has 0 aliphatic carbocycles. The molecule has 0 radical (unpaired) electrons. The third kappa shape index (κ3) is 1.74. The maximum Gasteiger partial charge on any atom is 0.312 e. The number of aromatic nitrogens is 2. The second-order valence-corrected chi connectivity index (χ2v) is 2.94. The summed E-state index contributed by atoms with van der Waals surface area (Å²) in [5.74, 6) is -0.819. The zero-order valence-corrected chi connectivity index (χ0v) is 8.02. The quantitative estimate of drug-likeness (QED) is 0.777. The summed E-state index contributed by atoms with van der Waals surface area (Å²) in [6, 6.07) is 1.73. The summed E-state index contributed by atoms with van der Waals surface area (Å²) in [6.07, 6.45) is 1.35. The Morgan fingerprint density at radius 2 is 2.47 bits per heavy atom. The lowest BCUT2D eigenvalue weighted by atomic mass is 10.4. The van der Waals surface area contributed by atoms with E-state index in [2.05, 4.69) is 15.3 Å². The van der Waals surface area contributed by atoms with Gasteiger partial charge in [-0.25, -0.2) is 4.98 Å². The van der Waals surface area contributed by atoms with Crippen LogP contribution in [0.4, 0.5) is 5.69 Å². The third-order valence-corrected chi connectivity index (χ3v) is 1.91. The fraction of sp³-hybridized carbons (Fsp3) is 0.222. The van der Waals surface area contributed by atoms with E-state index in [1.165, 1.54) is 0 Å². The molecule has 0 unspecified atom stereocenters. The number of oxazole rings is 1. The number of carboxylic acids is 1. The number of fused-ring (bicyclic) bond motifs is 1. The van der Waals surface area contributed by atoms with Gasteiger partial charge in [-0.1, -0.05) is 0 Å². The minimum absolute atomic E-state index is 0.160. The van der Waals surface area contributed by atoms with Crippen molar-refractivity contribution < 1.29 is 14.3 Å². The maximum atomic E-state index is 10.5. The molecule has 0 aliphatic rings. The van der Waals surface area contributed by atoms with Crippen molar-refractivity contribution in [3.63, 3.8) is 0 Å². The van der Waals surface area contributed by atoms with Gasteiger partial charge in [-0.15, -0.1) is 0 Å². The van der Waals surface area contributed by atoms with Gasteiger partial charge in [-0.2, -0.15) is 4.98 Å². The van der Waals surface area contributed by atoms with E-state index < -0.39 is 5.97 Å². The van der Waals surface area contributed by atoms with Gasteiger partial charge in [-0.05, 0) is 6.07 Å². The van der Waals surface area contributed by atoms with Crippen molar-refractivity contribution in [3.8, 4) is 0 Å². The number of carboxylic acid groups (broad SMARTS) is 1. The number of carbonyl (C=O) groups is 1. The molecule has 78 valence electrons. The maximum absolute atomic E-state index is 10.5. The van der Waals surface area contributed by atoms with E-state index in [1.54, 1.807) is 19.3 Å². The first kappa shape index (κ1) is 9.45. The van der Waals surface area contributed by atoms with E-state index in [1.807, 2.05) is 0 Å². The summed E-state index contributed by atoms with van der Waals surface area (Å²) in [4.78, 5) is 18.4. The van der Waals surface area contributed by atoms with Crippen LogP contribution in [0.25, 0.3) is 11.2 Å². The number of hydrogen-bond acceptors (Lipinski definition) is 5. The molecule has 0 amide bonds. The van der Waals surface area contributed by atoms with E-state index in [-0.39, 0.29) is 12.3 Å². The smallest absolute Gasteiger partial charge is 0.312 e. The first-order valence-corrected chi connectivity index (χ1v) is 4.34. The van der Waals surface area contributed by atoms with Gasteiger partial charge in [0.1, 0.15) is 6.42 Å². The van der Waals surface area contributed by atoms with Crippen LogP contribution in [0.1, 0.15) is 5.89 Å². The average Bonchev–Trinajstić information content (AvgIpc) is 2.58. The Morgan fingerprint density at radius 3 is 3.13 bits per heavy atom. The van der Waals surface area contributed by atoms with Gasteiger partial charge in [0, 0.05) is 13.2 Å². The van der Waals surface area contributed by atoms with Crippen LogP contribution in [0.3, 0.4) is 0 Å². The van der Waals surface area contributed by atoms with Crippen LogP contribution in [0.2, 0.25) is 0 Å². The Morgan fingerprint density at radius 1 is 1.67 bits per heavy atom. The molecule has 0 spiro atoms. The standard InChI is InChI=1S/C9H9N3O3/c1-10-5-2-3-11-9-8(5)15-6(12-9)4-7(13)14/h2-3H,4H2,1H3,(H,10,11)(H,13,14). The van der Waals surface area contributed by atoms with Gasteiger partial charge in [0.05, 0.1) is 5.69 Å². The summed E-state index contributed by atoms with van der Waals surface area (Å²) < 4.78 is 5.28. The first-order chi connectivity index (χ1) is 7.20. The molecule has 2 aromatic rings. The molecule has 0 aromatic carbocycles. The van der Waals surface area contributed by atoms with Crippen molar-refractivity contribution in [2.45, 2.75) is 6.42 Å². The molecular formula is C9H9N3O3. The molecule has 0 bridgehead atoms. The van der Waals surface area contributed by atoms with Crippen LogP contribution in [-0.2, 0) is 11.2 Å². The van der Waals surface area contributed by atoms with Crippen molar-refractivity contribution in [3.05, 3.63) is 18.2 Å². The summed E-state index contributed by atoms with van der Waals surface area (Å²) in [5, 5.41) is 11.5. The third-order valence-electron chi connectivity index (χ3n) is 1.91. The molecule has 0 saturated heterocycles. The van der Waals surface area contributed by atoms with Crippen molar-refractivity contribution >= 4 is 22.9 Å². The lowest BCUT2D eigenvalue weighted by molar-refractivity contribution is -0.136. The number of rotatable bonds is 3. The van der Waals surface area contributed by atoms with Gasteiger partial charge < -0.3 is 14.8 Å². The van der Waals surface area contributed by atoms with Crippen LogP contribution in [-0.4, -0.2) is 28.1 Å². The van der Waals surface area contributed by atoms with Crippen LogP contribution >= 0.6 is 0 Å². The molecule has 15 heavy (non-hydrogen) atoms. The lowest BCUT2D eigenvalue weighted by Gasteiger charge is -1.96. The van der Waals surface area contributed by atoms with Gasteiger partial charge in [0.2, 0.25) is 11.5 Å². The summed E-state index contributed by atoms with van der Waals surface area (Å²) >= 11 is 0. The molecule has 6 heteroatoms. The van der Waals surface area contributed by atoms with Gasteiger partial charge in [-0.3, -0.25) is 4.79 Å². The Hall–Kier alpha value is -2.11. The number of aliphatic carboxylic acids is 1. The van der Waals surface area contributed by atoms with Crippen molar-refractivity contribution in [1.82, 2.24) is 9.97 Å². The largest absolute Gasteiger partial charge is 0.481 e. The molecule has 2 rings (SSSR count). The van der Waals surface area contributed by atoms with Crippen molar-refractivity contribution in [2.24, 2.45) is 0 Å². The molecule has 0 saturated carbocycles. The normalized spacial score (nSPS) is 10.5. The molecule has 2 heterocycles. The minimum atomic E-state index is -0.979. The van der Waals surface area contributed by atoms with Gasteiger partial charge >= 0.3 is 5.97 Å². The molecular weight excluding hydrogens is 198 g/mol. The number of nitrogens with one attached hydrogen (secondary N) is 1. The van der Waals surface area contributed by atoms with E-state index in [9.17, 15) is 4.79 Å². The molecule has 0 fully saturated rings. The Labute approximate surface area is 84.9 Å². The van der Waals surface area contributed by atoms with Crippen LogP contribution in [0.15, 0.2) is 16.7 Å². The molecule has 6 nitrogen and oxygen atoms in total. The molecule has 0 aliphatic heterocycles. The number of pyridine rings is 1. The monoisotopic (exact) mass is 207 g/mol. The zero-order valence-electron chi connectivity index (χ0n) is 8.02. The SMILES string of the molecule is CNc1ccnc2nc(CC(=O)O)oc12. The Balaban J connectivity index is 2.50. The predicted octanol–water partition coefficient (Wildman–Crippen LogP) is 0.892. The minimum Gasteiger partial charge on any atom is -0.481 e. The lowest BCUT2D eigenvalue weighted by Crippen LogP contribution is -1.99. The number of anilines is 1. The predicted molar refractivity (Wildman–Crippen MR) is 52.7 cm³/mol. The van der Waals surface area contributed by atoms with Crippen LogP contribution in [0.5, 0.6) is 0 Å². The highest BCUT2D eigenvalue weighted by Crippen LogP contribution is 2.21. The molecule has 0 atom stereocenters. The first-order valence-electron chi connectivity index (χ1n) is 4.34. The van der Waals surface area contributed by atoms with E-state index in [0.29, 0.717) is 11.2 Å². The molecule has 2 N–H and O–H groups in total. The molecule has 2 aromatic heterocycles. The fourth-order valence-electron chi connectivity index (χ4n) is 1.28. The number of nitrogens with zero attached hydrogens (tertiary/aromatic N) is 2. The highest BCUT2D eigenvalue weighted by atomic mass is 16.4. The summed E-state index contributed by atoms with van der Waals surface area (Å²) in [6.45, 7) is 0. The Kier molecular flexibility index (Phi) is 2.24. The summed E-state index contributed by atoms with van der Waals surface area (Å²) in [5.41, 5.74) is 1.64. The highest BCUT2D eigenvalue weighted by molar-refractivity contribution is 5.83.